The van der Waals surface area contributed by atoms with Gasteiger partial charge in [0, 0.05) is 24.7 Å². The third kappa shape index (κ3) is 3.56. The fraction of sp³-hybridized carbons (Fsp3) is 0.333. The molecule has 4 rings (SSSR count). The van der Waals surface area contributed by atoms with Crippen LogP contribution in [0.4, 0.5) is 0 Å². The zero-order valence-corrected chi connectivity index (χ0v) is 18.8. The summed E-state index contributed by atoms with van der Waals surface area (Å²) >= 11 is 0. The lowest BCUT2D eigenvalue weighted by atomic mass is 9.97. The summed E-state index contributed by atoms with van der Waals surface area (Å²) in [4.78, 5) is 30.7. The predicted octanol–water partition coefficient (Wildman–Crippen LogP) is 2.93. The minimum atomic E-state index is -0.662. The van der Waals surface area contributed by atoms with Gasteiger partial charge in [-0.25, -0.2) is 0 Å². The summed E-state index contributed by atoms with van der Waals surface area (Å²) in [5, 5.41) is 0.388. The molecule has 0 fully saturated rings. The molecule has 168 valence electrons. The molecule has 3 aromatic rings. The number of methoxy groups -OCH3 is 3. The molecule has 1 atom stereocenters. The van der Waals surface area contributed by atoms with Crippen LogP contribution in [0.5, 0.6) is 17.2 Å². The van der Waals surface area contributed by atoms with Crippen molar-refractivity contribution in [3.05, 3.63) is 63.5 Å². The zero-order valence-electron chi connectivity index (χ0n) is 18.8. The second-order valence-corrected chi connectivity index (χ2v) is 7.85. The first kappa shape index (κ1) is 21.7. The second-order valence-electron chi connectivity index (χ2n) is 7.85. The highest BCUT2D eigenvalue weighted by atomic mass is 16.5. The number of rotatable bonds is 7. The van der Waals surface area contributed by atoms with Crippen molar-refractivity contribution in [1.82, 2.24) is 9.80 Å². The van der Waals surface area contributed by atoms with Crippen LogP contribution in [0.25, 0.3) is 11.0 Å². The quantitative estimate of drug-likeness (QED) is 0.561. The molecule has 1 aromatic heterocycles. The molecule has 8 heteroatoms. The van der Waals surface area contributed by atoms with E-state index in [1.165, 1.54) is 7.11 Å². The van der Waals surface area contributed by atoms with Crippen molar-refractivity contribution in [2.45, 2.75) is 6.04 Å². The van der Waals surface area contributed by atoms with Gasteiger partial charge in [-0.1, -0.05) is 0 Å². The minimum Gasteiger partial charge on any atom is -0.497 e. The Bertz CT molecular complexity index is 1230. The molecule has 2 heterocycles. The van der Waals surface area contributed by atoms with Crippen LogP contribution >= 0.6 is 0 Å². The van der Waals surface area contributed by atoms with E-state index in [1.54, 1.807) is 55.5 Å². The molecular weight excluding hydrogens is 412 g/mol. The van der Waals surface area contributed by atoms with E-state index in [0.29, 0.717) is 52.4 Å². The van der Waals surface area contributed by atoms with Crippen molar-refractivity contribution in [3.8, 4) is 17.2 Å². The van der Waals surface area contributed by atoms with E-state index < -0.39 is 6.04 Å². The van der Waals surface area contributed by atoms with E-state index in [4.69, 9.17) is 18.6 Å². The Balaban J connectivity index is 1.98. The number of ether oxygens (including phenoxy) is 3. The van der Waals surface area contributed by atoms with E-state index in [1.807, 2.05) is 19.0 Å². The van der Waals surface area contributed by atoms with Crippen molar-refractivity contribution in [3.63, 3.8) is 0 Å². The molecule has 0 saturated heterocycles. The SMILES string of the molecule is COc1ccc(OC)c(C2c3c(oc4cc(OC)ccc4c3=O)C(=O)N2CCN(C)C)c1. The summed E-state index contributed by atoms with van der Waals surface area (Å²) in [5.41, 5.74) is 1.03. The van der Waals surface area contributed by atoms with Crippen LogP contribution in [0.15, 0.2) is 45.6 Å². The Hall–Kier alpha value is -3.52. The largest absolute Gasteiger partial charge is 0.497 e. The van der Waals surface area contributed by atoms with Crippen LogP contribution in [0.2, 0.25) is 0 Å². The molecule has 8 nitrogen and oxygen atoms in total. The molecular formula is C24H26N2O6. The van der Waals surface area contributed by atoms with E-state index in [2.05, 4.69) is 0 Å². The molecule has 0 N–H and O–H groups in total. The smallest absolute Gasteiger partial charge is 0.290 e. The maximum Gasteiger partial charge on any atom is 0.290 e. The predicted molar refractivity (Wildman–Crippen MR) is 120 cm³/mol. The monoisotopic (exact) mass is 438 g/mol. The van der Waals surface area contributed by atoms with Crippen molar-refractivity contribution in [2.24, 2.45) is 0 Å². The second kappa shape index (κ2) is 8.55. The van der Waals surface area contributed by atoms with Gasteiger partial charge in [-0.15, -0.1) is 0 Å². The topological polar surface area (TPSA) is 81.4 Å². The lowest BCUT2D eigenvalue weighted by molar-refractivity contribution is 0.0715. The van der Waals surface area contributed by atoms with Crippen LogP contribution in [-0.4, -0.2) is 64.2 Å². The Morgan fingerprint density at radius 3 is 2.31 bits per heavy atom. The Kier molecular flexibility index (Phi) is 5.80. The third-order valence-electron chi connectivity index (χ3n) is 5.69. The van der Waals surface area contributed by atoms with Crippen LogP contribution in [0.3, 0.4) is 0 Å². The van der Waals surface area contributed by atoms with Gasteiger partial charge >= 0.3 is 0 Å². The Morgan fingerprint density at radius 1 is 0.969 bits per heavy atom. The molecule has 0 bridgehead atoms. The van der Waals surface area contributed by atoms with E-state index in [-0.39, 0.29) is 17.1 Å². The van der Waals surface area contributed by atoms with Gasteiger partial charge in [0.1, 0.15) is 22.8 Å². The molecule has 2 aromatic carbocycles. The van der Waals surface area contributed by atoms with Crippen molar-refractivity contribution in [2.75, 3.05) is 48.5 Å². The lowest BCUT2D eigenvalue weighted by Gasteiger charge is -2.27. The van der Waals surface area contributed by atoms with Gasteiger partial charge in [-0.05, 0) is 44.4 Å². The molecule has 1 aliphatic rings. The summed E-state index contributed by atoms with van der Waals surface area (Å²) < 4.78 is 22.2. The van der Waals surface area contributed by atoms with Crippen molar-refractivity contribution in [1.29, 1.82) is 0 Å². The van der Waals surface area contributed by atoms with Crippen molar-refractivity contribution >= 4 is 16.9 Å². The molecule has 0 saturated carbocycles. The van der Waals surface area contributed by atoms with E-state index in [0.717, 1.165) is 0 Å². The van der Waals surface area contributed by atoms with Gasteiger partial charge in [0.15, 0.2) is 5.43 Å². The number of amides is 1. The molecule has 1 amide bonds. The average Bonchev–Trinajstić information content (AvgIpc) is 3.08. The summed E-state index contributed by atoms with van der Waals surface area (Å²) in [6, 6.07) is 9.67. The Labute approximate surface area is 185 Å². The first-order valence-electron chi connectivity index (χ1n) is 10.2. The number of hydrogen-bond donors (Lipinski definition) is 0. The number of carbonyl (C=O) groups excluding carboxylic acids is 1. The van der Waals surface area contributed by atoms with Gasteiger partial charge in [0.05, 0.1) is 38.3 Å². The maximum absolute atomic E-state index is 13.6. The summed E-state index contributed by atoms with van der Waals surface area (Å²) in [7, 11) is 8.52. The molecule has 1 aliphatic heterocycles. The summed E-state index contributed by atoms with van der Waals surface area (Å²) in [5.74, 6) is 1.41. The highest BCUT2D eigenvalue weighted by Crippen LogP contribution is 2.42. The molecule has 0 radical (unpaired) electrons. The standard InChI is InChI=1S/C24H26N2O6/c1-25(2)10-11-26-21(17-12-14(29-3)7-9-18(17)31-5)20-22(27)16-8-6-15(30-4)13-19(16)32-23(20)24(26)28/h6-9,12-13,21H,10-11H2,1-5H3. The van der Waals surface area contributed by atoms with Gasteiger partial charge in [0.25, 0.3) is 5.91 Å². The molecule has 0 aliphatic carbocycles. The number of likely N-dealkylation sites (N-methyl/N-ethyl adjacent to an activating group) is 1. The highest BCUT2D eigenvalue weighted by molar-refractivity contribution is 5.99. The highest BCUT2D eigenvalue weighted by Gasteiger charge is 2.43. The average molecular weight is 438 g/mol. The van der Waals surface area contributed by atoms with Gasteiger partial charge < -0.3 is 28.4 Å². The third-order valence-corrected chi connectivity index (χ3v) is 5.69. The maximum atomic E-state index is 13.6. The number of nitrogens with zero attached hydrogens (tertiary/aromatic N) is 2. The van der Waals surface area contributed by atoms with Crippen LogP contribution in [0.1, 0.15) is 27.7 Å². The van der Waals surface area contributed by atoms with Crippen LogP contribution in [-0.2, 0) is 0 Å². The van der Waals surface area contributed by atoms with Gasteiger partial charge in [0.2, 0.25) is 5.76 Å². The minimum absolute atomic E-state index is 0.0457. The van der Waals surface area contributed by atoms with E-state index >= 15 is 0 Å². The molecule has 0 spiro atoms. The lowest BCUT2D eigenvalue weighted by Crippen LogP contribution is -2.35. The van der Waals surface area contributed by atoms with Gasteiger partial charge in [-0.2, -0.15) is 0 Å². The number of hydrogen-bond acceptors (Lipinski definition) is 7. The number of carbonyl (C=O) groups is 1. The number of benzene rings is 2. The summed E-state index contributed by atoms with van der Waals surface area (Å²) in [6.07, 6.45) is 0. The van der Waals surface area contributed by atoms with Crippen LogP contribution < -0.4 is 19.6 Å². The van der Waals surface area contributed by atoms with Gasteiger partial charge in [-0.3, -0.25) is 9.59 Å². The molecule has 1 unspecified atom stereocenters. The Morgan fingerprint density at radius 2 is 1.66 bits per heavy atom. The summed E-state index contributed by atoms with van der Waals surface area (Å²) in [6.45, 7) is 1.02. The zero-order chi connectivity index (χ0) is 23.0. The first-order valence-corrected chi connectivity index (χ1v) is 10.2. The van der Waals surface area contributed by atoms with Crippen LogP contribution in [0, 0.1) is 0 Å². The first-order chi connectivity index (χ1) is 15.4. The molecule has 32 heavy (non-hydrogen) atoms. The normalized spacial score (nSPS) is 15.4. The van der Waals surface area contributed by atoms with E-state index in [9.17, 15) is 9.59 Å². The fourth-order valence-electron chi connectivity index (χ4n) is 4.04. The fourth-order valence-corrected chi connectivity index (χ4v) is 4.04. The van der Waals surface area contributed by atoms with Crippen molar-refractivity contribution < 1.29 is 23.4 Å². The number of fused-ring (bicyclic) bond motifs is 2.